The number of unbranched alkanes of at least 4 members (excludes halogenated alkanes) is 2. The largest absolute Gasteiger partial charge is 1.00 e. The fourth-order valence-electron chi connectivity index (χ4n) is 0.285. The van der Waals surface area contributed by atoms with E-state index >= 15 is 0 Å². The van der Waals surface area contributed by atoms with Gasteiger partial charge >= 0.3 is 29.6 Å². The molecule has 50 valence electrons. The number of hydrogen-bond donors (Lipinski definition) is 0. The van der Waals surface area contributed by atoms with Crippen molar-refractivity contribution in [2.24, 2.45) is 0 Å². The Morgan fingerprint density at radius 3 is 1.60 bits per heavy atom. The molecule has 0 N–H and O–H groups in total. The van der Waals surface area contributed by atoms with Gasteiger partial charge in [0.05, 0.1) is 0 Å². The Morgan fingerprint density at radius 2 is 1.40 bits per heavy atom. The molecule has 0 aliphatic heterocycles. The summed E-state index contributed by atoms with van der Waals surface area (Å²) in [6, 6.07) is 0. The first-order valence-corrected chi connectivity index (χ1v) is 2.51. The maximum Gasteiger partial charge on any atom is 1.00 e. The van der Waals surface area contributed by atoms with Crippen molar-refractivity contribution in [1.29, 1.82) is 5.26 Å². The fraction of sp³-hybridized carbons (Fsp3) is 0.500. The molecule has 0 aromatic carbocycles. The van der Waals surface area contributed by atoms with Crippen molar-refractivity contribution in [3.63, 3.8) is 0 Å². The Bertz CT molecular complexity index is 85.0. The standard InChI is InChI=1S/C5H8O2.CN.Na/c6-4-2-1-3-5-7;1-2;/h4-5H,1-3H2;;/q;-1;+1. The van der Waals surface area contributed by atoms with E-state index in [0.29, 0.717) is 19.3 Å². The van der Waals surface area contributed by atoms with Crippen LogP contribution in [-0.4, -0.2) is 12.6 Å². The molecule has 10 heavy (non-hydrogen) atoms. The van der Waals surface area contributed by atoms with E-state index in [1.54, 1.807) is 0 Å². The van der Waals surface area contributed by atoms with E-state index in [-0.39, 0.29) is 29.6 Å². The Labute approximate surface area is 82.7 Å². The number of carbonyl (C=O) groups is 2. The zero-order valence-electron chi connectivity index (χ0n) is 6.04. The number of aldehydes is 2. The molecule has 0 aromatic rings. The van der Waals surface area contributed by atoms with Gasteiger partial charge in [-0.3, -0.25) is 0 Å². The van der Waals surface area contributed by atoms with Crippen molar-refractivity contribution in [2.75, 3.05) is 0 Å². The summed E-state index contributed by atoms with van der Waals surface area (Å²) in [5.41, 5.74) is 0. The van der Waals surface area contributed by atoms with Crippen LogP contribution in [-0.2, 0) is 9.59 Å². The van der Waals surface area contributed by atoms with E-state index in [1.165, 1.54) is 0 Å². The zero-order valence-corrected chi connectivity index (χ0v) is 8.04. The summed E-state index contributed by atoms with van der Waals surface area (Å²) in [7, 11) is 0. The average molecular weight is 149 g/mol. The molecule has 0 radical (unpaired) electrons. The van der Waals surface area contributed by atoms with Gasteiger partial charge in [0.25, 0.3) is 0 Å². The van der Waals surface area contributed by atoms with E-state index in [1.807, 2.05) is 0 Å². The van der Waals surface area contributed by atoms with Gasteiger partial charge in [-0.15, -0.1) is 0 Å². The minimum absolute atomic E-state index is 0. The molecule has 0 bridgehead atoms. The quantitative estimate of drug-likeness (QED) is 0.195. The van der Waals surface area contributed by atoms with Crippen LogP contribution in [0.3, 0.4) is 0 Å². The molecule has 0 unspecified atom stereocenters. The van der Waals surface area contributed by atoms with Crippen molar-refractivity contribution in [3.05, 3.63) is 6.57 Å². The number of nitrogens with zero attached hydrogens (tertiary/aromatic N) is 1. The maximum absolute atomic E-state index is 9.56. The van der Waals surface area contributed by atoms with E-state index in [4.69, 9.17) is 11.8 Å². The van der Waals surface area contributed by atoms with Gasteiger partial charge in [0.2, 0.25) is 0 Å². The summed E-state index contributed by atoms with van der Waals surface area (Å²) in [6.45, 7) is 4.75. The minimum atomic E-state index is 0. The SMILES string of the molecule is O=CCCCC=O.[C-]#N.[Na+]. The van der Waals surface area contributed by atoms with E-state index in [0.717, 1.165) is 12.6 Å². The summed E-state index contributed by atoms with van der Waals surface area (Å²) >= 11 is 0. The Morgan fingerprint density at radius 1 is 1.10 bits per heavy atom. The Hall–Kier alpha value is -0.170. The molecule has 0 aromatic heterocycles. The first kappa shape index (κ1) is 16.4. The van der Waals surface area contributed by atoms with Crippen LogP contribution in [0.25, 0.3) is 0 Å². The number of carbonyl (C=O) groups excluding carboxylic acids is 2. The van der Waals surface area contributed by atoms with Gasteiger partial charge in [-0.2, -0.15) is 0 Å². The molecule has 0 atom stereocenters. The van der Waals surface area contributed by atoms with E-state index in [9.17, 15) is 9.59 Å². The van der Waals surface area contributed by atoms with E-state index in [2.05, 4.69) is 0 Å². The molecule has 3 nitrogen and oxygen atoms in total. The summed E-state index contributed by atoms with van der Waals surface area (Å²) in [6.07, 6.45) is 3.37. The predicted octanol–water partition coefficient (Wildman–Crippen LogP) is -2.35. The van der Waals surface area contributed by atoms with Gasteiger partial charge in [0.15, 0.2) is 0 Å². The van der Waals surface area contributed by atoms with E-state index < -0.39 is 0 Å². The molecule has 0 aliphatic rings. The van der Waals surface area contributed by atoms with Gasteiger partial charge in [0.1, 0.15) is 12.6 Å². The average Bonchev–Trinajstić information content (AvgIpc) is 1.94. The summed E-state index contributed by atoms with van der Waals surface area (Å²) in [5, 5.41) is 6.25. The molecule has 0 aliphatic carbocycles. The molecule has 4 heteroatoms. The van der Waals surface area contributed by atoms with Crippen molar-refractivity contribution < 1.29 is 39.1 Å². The molecule has 0 amide bonds. The third kappa shape index (κ3) is 24.9. The van der Waals surface area contributed by atoms with Crippen LogP contribution in [0.5, 0.6) is 0 Å². The van der Waals surface area contributed by atoms with Crippen LogP contribution in [0.2, 0.25) is 0 Å². The van der Waals surface area contributed by atoms with Gasteiger partial charge in [-0.25, -0.2) is 0 Å². The summed E-state index contributed by atoms with van der Waals surface area (Å²) < 4.78 is 0. The number of hydrogen-bond acceptors (Lipinski definition) is 3. The van der Waals surface area contributed by atoms with Gasteiger partial charge < -0.3 is 21.4 Å². The molecule has 0 spiro atoms. The Kier molecular flexibility index (Phi) is 38.1. The molecule has 0 heterocycles. The molecule has 0 rings (SSSR count). The van der Waals surface area contributed by atoms with Gasteiger partial charge in [-0.05, 0) is 6.42 Å². The predicted molar refractivity (Wildman–Crippen MR) is 30.9 cm³/mol. The van der Waals surface area contributed by atoms with Crippen molar-refractivity contribution >= 4 is 12.6 Å². The summed E-state index contributed by atoms with van der Waals surface area (Å²) in [5.74, 6) is 0. The van der Waals surface area contributed by atoms with Crippen LogP contribution >= 0.6 is 0 Å². The topological polar surface area (TPSA) is 57.9 Å². The second-order valence-corrected chi connectivity index (χ2v) is 1.26. The number of rotatable bonds is 4. The third-order valence-electron chi connectivity index (χ3n) is 0.644. The van der Waals surface area contributed by atoms with Gasteiger partial charge in [-0.1, -0.05) is 0 Å². The van der Waals surface area contributed by atoms with Gasteiger partial charge in [0, 0.05) is 12.8 Å². The van der Waals surface area contributed by atoms with Crippen molar-refractivity contribution in [3.8, 4) is 0 Å². The second kappa shape index (κ2) is 23.2. The van der Waals surface area contributed by atoms with Crippen molar-refractivity contribution in [1.82, 2.24) is 0 Å². The second-order valence-electron chi connectivity index (χ2n) is 1.26. The normalized spacial score (nSPS) is 5.80. The first-order valence-electron chi connectivity index (χ1n) is 2.51. The maximum atomic E-state index is 9.56. The third-order valence-corrected chi connectivity index (χ3v) is 0.644. The summed E-state index contributed by atoms with van der Waals surface area (Å²) in [4.78, 5) is 19.1. The van der Waals surface area contributed by atoms with Crippen LogP contribution < -0.4 is 29.6 Å². The Balaban J connectivity index is -0.000000149. The monoisotopic (exact) mass is 149 g/mol. The smallest absolute Gasteiger partial charge is 0.512 e. The molecular weight excluding hydrogens is 141 g/mol. The van der Waals surface area contributed by atoms with Crippen LogP contribution in [0.15, 0.2) is 0 Å². The zero-order chi connectivity index (χ0) is 7.54. The first-order chi connectivity index (χ1) is 4.41. The van der Waals surface area contributed by atoms with Crippen LogP contribution in [0.4, 0.5) is 0 Å². The van der Waals surface area contributed by atoms with Crippen LogP contribution in [0.1, 0.15) is 19.3 Å². The molecule has 0 fully saturated rings. The minimum Gasteiger partial charge on any atom is -0.512 e. The molecule has 0 saturated heterocycles. The molecule has 0 saturated carbocycles. The van der Waals surface area contributed by atoms with Crippen LogP contribution in [0, 0.1) is 11.8 Å². The molecular formula is C6H8NNaO2. The fourth-order valence-corrected chi connectivity index (χ4v) is 0.285. The van der Waals surface area contributed by atoms with Crippen molar-refractivity contribution in [2.45, 2.75) is 19.3 Å².